The lowest BCUT2D eigenvalue weighted by molar-refractivity contribution is 0.0707. The number of carbonyl (C=O) groups excluding carboxylic acids is 1. The summed E-state index contributed by atoms with van der Waals surface area (Å²) in [5, 5.41) is 0. The maximum atomic E-state index is 12.4. The highest BCUT2D eigenvalue weighted by atomic mass is 28.4. The van der Waals surface area contributed by atoms with E-state index in [1.54, 1.807) is 12.1 Å². The lowest BCUT2D eigenvalue weighted by Crippen LogP contribution is -2.46. The largest absolute Gasteiger partial charge is 0.500 e. The van der Waals surface area contributed by atoms with Crippen LogP contribution < -0.4 is 9.64 Å². The molecule has 0 amide bonds. The van der Waals surface area contributed by atoms with Crippen LogP contribution in [-0.2, 0) is 17.7 Å². The van der Waals surface area contributed by atoms with Gasteiger partial charge in [0.1, 0.15) is 5.75 Å². The second-order valence-electron chi connectivity index (χ2n) is 9.62. The molecular formula is C29H47NO6Si2. The highest BCUT2D eigenvalue weighted by Gasteiger charge is 2.39. The van der Waals surface area contributed by atoms with E-state index in [9.17, 15) is 4.79 Å². The molecule has 0 atom stereocenters. The number of hydrogen-bond donors (Lipinski definition) is 0. The van der Waals surface area contributed by atoms with E-state index in [1.807, 2.05) is 63.2 Å². The average Bonchev–Trinajstić information content (AvgIpc) is 2.89. The molecule has 0 saturated heterocycles. The van der Waals surface area contributed by atoms with Crippen LogP contribution in [0.15, 0.2) is 54.6 Å². The first-order valence-corrected chi connectivity index (χ1v) is 19.0. The molecular weight excluding hydrogens is 514 g/mol. The summed E-state index contributed by atoms with van der Waals surface area (Å²) >= 11 is 0. The standard InChI is InChI=1S/C29H47NO6Si2/c1-7-32-37(5,6)24-14-22-30(23-15-25-38(33-8-2,34-9-3)35-10-4)27-18-20-28(21-19-27)36-29(31)26-16-12-11-13-17-26/h11-13,16-21H,7-10,14-15,22-25H2,1-6H3. The molecule has 0 aliphatic heterocycles. The zero-order valence-corrected chi connectivity index (χ0v) is 26.2. The Bertz CT molecular complexity index is 909. The summed E-state index contributed by atoms with van der Waals surface area (Å²) in [4.78, 5) is 14.8. The summed E-state index contributed by atoms with van der Waals surface area (Å²) in [6.45, 7) is 16.9. The third-order valence-corrected chi connectivity index (χ3v) is 11.9. The fourth-order valence-electron chi connectivity index (χ4n) is 4.48. The number of ether oxygens (including phenoxy) is 1. The van der Waals surface area contributed by atoms with Gasteiger partial charge in [-0.3, -0.25) is 0 Å². The molecule has 0 aromatic heterocycles. The number of benzene rings is 2. The van der Waals surface area contributed by atoms with Crippen molar-refractivity contribution in [1.82, 2.24) is 0 Å². The van der Waals surface area contributed by atoms with Crippen LogP contribution in [0.3, 0.4) is 0 Å². The maximum Gasteiger partial charge on any atom is 0.500 e. The molecule has 7 nitrogen and oxygen atoms in total. The predicted molar refractivity (Wildman–Crippen MR) is 159 cm³/mol. The van der Waals surface area contributed by atoms with Gasteiger partial charge in [0.15, 0.2) is 8.32 Å². The molecule has 9 heteroatoms. The van der Waals surface area contributed by atoms with E-state index >= 15 is 0 Å². The van der Waals surface area contributed by atoms with Crippen molar-refractivity contribution in [1.29, 1.82) is 0 Å². The molecule has 0 fully saturated rings. The molecule has 0 saturated carbocycles. The molecule has 2 aromatic carbocycles. The van der Waals surface area contributed by atoms with E-state index in [2.05, 4.69) is 24.9 Å². The Labute approximate surface area is 231 Å². The Kier molecular flexibility index (Phi) is 14.3. The third-order valence-electron chi connectivity index (χ3n) is 6.17. The van der Waals surface area contributed by atoms with Crippen molar-refractivity contribution in [3.05, 3.63) is 60.2 Å². The number of anilines is 1. The molecule has 212 valence electrons. The van der Waals surface area contributed by atoms with Crippen LogP contribution in [-0.4, -0.2) is 62.6 Å². The highest BCUT2D eigenvalue weighted by Crippen LogP contribution is 2.25. The van der Waals surface area contributed by atoms with Crippen LogP contribution in [0.2, 0.25) is 25.2 Å². The van der Waals surface area contributed by atoms with Gasteiger partial charge in [-0.05, 0) is 96.1 Å². The predicted octanol–water partition coefficient (Wildman–Crippen LogP) is 6.78. The lowest BCUT2D eigenvalue weighted by Gasteiger charge is -2.31. The van der Waals surface area contributed by atoms with E-state index in [-0.39, 0.29) is 5.97 Å². The lowest BCUT2D eigenvalue weighted by atomic mass is 10.2. The minimum atomic E-state index is -2.69. The normalized spacial score (nSPS) is 11.9. The molecule has 2 rings (SSSR count). The minimum absolute atomic E-state index is 0.359. The van der Waals surface area contributed by atoms with Crippen molar-refractivity contribution in [3.63, 3.8) is 0 Å². The van der Waals surface area contributed by atoms with E-state index in [0.717, 1.165) is 50.3 Å². The van der Waals surface area contributed by atoms with Crippen molar-refractivity contribution in [2.75, 3.05) is 44.4 Å². The van der Waals surface area contributed by atoms with Crippen LogP contribution in [0.4, 0.5) is 5.69 Å². The van der Waals surface area contributed by atoms with Gasteiger partial charge in [0.2, 0.25) is 0 Å². The number of esters is 1. The Morgan fingerprint density at radius 1 is 0.711 bits per heavy atom. The molecule has 2 aromatic rings. The van der Waals surface area contributed by atoms with Gasteiger partial charge in [-0.25, -0.2) is 4.79 Å². The minimum Gasteiger partial charge on any atom is -0.423 e. The third kappa shape index (κ3) is 11.0. The zero-order valence-electron chi connectivity index (χ0n) is 24.2. The van der Waals surface area contributed by atoms with Gasteiger partial charge in [0, 0.05) is 51.2 Å². The molecule has 0 aliphatic rings. The van der Waals surface area contributed by atoms with Gasteiger partial charge < -0.3 is 27.3 Å². The van der Waals surface area contributed by atoms with Crippen molar-refractivity contribution in [2.45, 2.75) is 65.7 Å². The Morgan fingerprint density at radius 2 is 1.24 bits per heavy atom. The van der Waals surface area contributed by atoms with Gasteiger partial charge in [0.05, 0.1) is 5.56 Å². The first kappa shape index (κ1) is 32.2. The summed E-state index contributed by atoms with van der Waals surface area (Å²) in [6.07, 6.45) is 1.94. The van der Waals surface area contributed by atoms with Crippen LogP contribution in [0.25, 0.3) is 0 Å². The first-order chi connectivity index (χ1) is 18.3. The summed E-state index contributed by atoms with van der Waals surface area (Å²) in [5.74, 6) is 0.172. The SMILES string of the molecule is CCO[Si](C)(C)CCCN(CCC[Si](OCC)(OCC)OCC)c1ccc(OC(=O)c2ccccc2)cc1. The van der Waals surface area contributed by atoms with Crippen LogP contribution in [0, 0.1) is 0 Å². The van der Waals surface area contributed by atoms with Crippen molar-refractivity contribution < 1.29 is 27.2 Å². The van der Waals surface area contributed by atoms with Crippen molar-refractivity contribution in [3.8, 4) is 5.75 Å². The summed E-state index contributed by atoms with van der Waals surface area (Å²) < 4.78 is 29.8. The first-order valence-electron chi connectivity index (χ1n) is 14.0. The maximum absolute atomic E-state index is 12.4. The molecule has 0 heterocycles. The van der Waals surface area contributed by atoms with E-state index < -0.39 is 17.1 Å². The zero-order chi connectivity index (χ0) is 27.9. The fraction of sp³-hybridized carbons (Fsp3) is 0.552. The molecule has 0 spiro atoms. The smallest absolute Gasteiger partial charge is 0.423 e. The molecule has 0 radical (unpaired) electrons. The van der Waals surface area contributed by atoms with Gasteiger partial charge in [0.25, 0.3) is 0 Å². The highest BCUT2D eigenvalue weighted by molar-refractivity contribution is 6.71. The second kappa shape index (κ2) is 16.8. The number of rotatable bonds is 19. The topological polar surface area (TPSA) is 66.5 Å². The number of hydrogen-bond acceptors (Lipinski definition) is 7. The van der Waals surface area contributed by atoms with Crippen LogP contribution >= 0.6 is 0 Å². The molecule has 0 bridgehead atoms. The summed E-state index contributed by atoms with van der Waals surface area (Å²) in [7, 11) is -4.35. The van der Waals surface area contributed by atoms with Crippen molar-refractivity contribution in [2.24, 2.45) is 0 Å². The monoisotopic (exact) mass is 561 g/mol. The Balaban J connectivity index is 2.10. The Hall–Kier alpha value is -2.02. The number of carbonyl (C=O) groups is 1. The average molecular weight is 562 g/mol. The second-order valence-corrected chi connectivity index (χ2v) is 16.7. The van der Waals surface area contributed by atoms with Crippen LogP contribution in [0.1, 0.15) is 50.9 Å². The van der Waals surface area contributed by atoms with Crippen molar-refractivity contribution >= 4 is 28.8 Å². The molecule has 0 aliphatic carbocycles. The van der Waals surface area contributed by atoms with Gasteiger partial charge in [-0.1, -0.05) is 18.2 Å². The van der Waals surface area contributed by atoms with E-state index in [1.165, 1.54) is 0 Å². The van der Waals surface area contributed by atoms with Gasteiger partial charge in [-0.15, -0.1) is 0 Å². The summed E-state index contributed by atoms with van der Waals surface area (Å²) in [5.41, 5.74) is 1.63. The van der Waals surface area contributed by atoms with Crippen LogP contribution in [0.5, 0.6) is 5.75 Å². The van der Waals surface area contributed by atoms with E-state index in [4.69, 9.17) is 22.4 Å². The fourth-order valence-corrected chi connectivity index (χ4v) is 9.01. The Morgan fingerprint density at radius 3 is 1.76 bits per heavy atom. The van der Waals surface area contributed by atoms with Gasteiger partial charge in [-0.2, -0.15) is 0 Å². The summed E-state index contributed by atoms with van der Waals surface area (Å²) in [6, 6.07) is 18.7. The molecule has 0 unspecified atom stereocenters. The molecule has 38 heavy (non-hydrogen) atoms. The molecule has 0 N–H and O–H groups in total. The number of nitrogens with zero attached hydrogens (tertiary/aromatic N) is 1. The van der Waals surface area contributed by atoms with Gasteiger partial charge >= 0.3 is 14.8 Å². The quantitative estimate of drug-likeness (QED) is 0.106. The van der Waals surface area contributed by atoms with E-state index in [0.29, 0.717) is 31.1 Å².